The third kappa shape index (κ3) is 6.44. The number of hydrogen-bond donors (Lipinski definition) is 0. The van der Waals surface area contributed by atoms with Crippen molar-refractivity contribution in [2.24, 2.45) is 5.41 Å². The van der Waals surface area contributed by atoms with Crippen LogP contribution in [0.3, 0.4) is 0 Å². The first kappa shape index (κ1) is 16.1. The molecule has 0 amide bonds. The normalized spacial score (nSPS) is 14.1. The van der Waals surface area contributed by atoms with E-state index in [2.05, 4.69) is 13.2 Å². The van der Waals surface area contributed by atoms with Crippen LogP contribution < -0.4 is 0 Å². The lowest BCUT2D eigenvalue weighted by Crippen LogP contribution is -2.29. The van der Waals surface area contributed by atoms with E-state index in [1.165, 1.54) is 12.8 Å². The van der Waals surface area contributed by atoms with Crippen molar-refractivity contribution in [2.75, 3.05) is 6.61 Å². The monoisotopic (exact) mass is 241 g/mol. The Morgan fingerprint density at radius 3 is 2.35 bits per heavy atom. The van der Waals surface area contributed by atoms with Gasteiger partial charge in [-0.3, -0.25) is 9.59 Å². The van der Waals surface area contributed by atoms with Gasteiger partial charge in [0.05, 0.1) is 5.41 Å². The zero-order chi connectivity index (χ0) is 13.1. The number of esters is 1. The quantitative estimate of drug-likeness (QED) is 0.435. The zero-order valence-corrected chi connectivity index (χ0v) is 11.4. The molecule has 0 heterocycles. The molecule has 0 aromatic carbocycles. The van der Waals surface area contributed by atoms with Gasteiger partial charge in [-0.2, -0.15) is 0 Å². The SMILES string of the molecule is CCCCCCC([C]=O)(CC)COC(=O)CC. The van der Waals surface area contributed by atoms with Gasteiger partial charge in [-0.25, -0.2) is 0 Å². The third-order valence-electron chi connectivity index (χ3n) is 3.20. The largest absolute Gasteiger partial charge is 0.465 e. The van der Waals surface area contributed by atoms with Gasteiger partial charge in [0.25, 0.3) is 0 Å². The Bertz CT molecular complexity index is 226. The van der Waals surface area contributed by atoms with Crippen LogP contribution in [-0.2, 0) is 14.3 Å². The molecule has 1 radical (unpaired) electrons. The average molecular weight is 241 g/mol. The van der Waals surface area contributed by atoms with Gasteiger partial charge in [-0.05, 0) is 12.8 Å². The molecule has 99 valence electrons. The van der Waals surface area contributed by atoms with Crippen LogP contribution in [0.1, 0.15) is 65.7 Å². The highest BCUT2D eigenvalue weighted by molar-refractivity contribution is 5.69. The van der Waals surface area contributed by atoms with E-state index in [9.17, 15) is 9.59 Å². The highest BCUT2D eigenvalue weighted by Gasteiger charge is 2.30. The summed E-state index contributed by atoms with van der Waals surface area (Å²) in [5, 5.41) is 0. The van der Waals surface area contributed by atoms with Crippen LogP contribution in [0.4, 0.5) is 0 Å². The zero-order valence-electron chi connectivity index (χ0n) is 11.4. The molecule has 0 aliphatic heterocycles. The Hall–Kier alpha value is -0.860. The minimum Gasteiger partial charge on any atom is -0.465 e. The maximum atomic E-state index is 11.1. The molecule has 0 aliphatic carbocycles. The fraction of sp³-hybridized carbons (Fsp3) is 0.857. The van der Waals surface area contributed by atoms with Crippen molar-refractivity contribution in [2.45, 2.75) is 65.7 Å². The van der Waals surface area contributed by atoms with Gasteiger partial charge in [0, 0.05) is 6.42 Å². The van der Waals surface area contributed by atoms with Gasteiger partial charge in [-0.15, -0.1) is 0 Å². The van der Waals surface area contributed by atoms with E-state index in [-0.39, 0.29) is 12.6 Å². The third-order valence-corrected chi connectivity index (χ3v) is 3.20. The van der Waals surface area contributed by atoms with Crippen LogP contribution in [0.25, 0.3) is 0 Å². The number of unbranched alkanes of at least 4 members (excludes halogenated alkanes) is 3. The molecule has 0 saturated heterocycles. The minimum atomic E-state index is -0.585. The minimum absolute atomic E-state index is 0.186. The fourth-order valence-corrected chi connectivity index (χ4v) is 1.71. The van der Waals surface area contributed by atoms with Crippen LogP contribution in [-0.4, -0.2) is 18.9 Å². The van der Waals surface area contributed by atoms with Crippen LogP contribution in [0.5, 0.6) is 0 Å². The van der Waals surface area contributed by atoms with E-state index in [1.807, 2.05) is 6.92 Å². The van der Waals surface area contributed by atoms with Gasteiger partial charge in [0.15, 0.2) is 0 Å². The summed E-state index contributed by atoms with van der Waals surface area (Å²) in [5.41, 5.74) is -0.585. The molecule has 3 heteroatoms. The molecule has 0 rings (SSSR count). The van der Waals surface area contributed by atoms with Crippen LogP contribution >= 0.6 is 0 Å². The van der Waals surface area contributed by atoms with E-state index in [1.54, 1.807) is 6.92 Å². The second-order valence-corrected chi connectivity index (χ2v) is 4.56. The van der Waals surface area contributed by atoms with Crippen LogP contribution in [0, 0.1) is 5.41 Å². The molecule has 0 bridgehead atoms. The molecular formula is C14H25O3. The number of ether oxygens (including phenoxy) is 1. The maximum Gasteiger partial charge on any atom is 0.305 e. The topological polar surface area (TPSA) is 43.4 Å². The van der Waals surface area contributed by atoms with E-state index in [4.69, 9.17) is 4.74 Å². The van der Waals surface area contributed by atoms with Gasteiger partial charge >= 0.3 is 5.97 Å². The van der Waals surface area contributed by atoms with Crippen molar-refractivity contribution >= 4 is 12.3 Å². The molecule has 0 aromatic rings. The predicted octanol–water partition coefficient (Wildman–Crippen LogP) is 3.42. The lowest BCUT2D eigenvalue weighted by atomic mass is 9.82. The molecule has 0 N–H and O–H groups in total. The molecule has 3 nitrogen and oxygen atoms in total. The lowest BCUT2D eigenvalue weighted by Gasteiger charge is -2.25. The predicted molar refractivity (Wildman–Crippen MR) is 68.4 cm³/mol. The Labute approximate surface area is 105 Å². The first-order valence-electron chi connectivity index (χ1n) is 6.69. The summed E-state index contributed by atoms with van der Waals surface area (Å²) in [4.78, 5) is 22.2. The summed E-state index contributed by atoms with van der Waals surface area (Å²) < 4.78 is 5.09. The van der Waals surface area contributed by atoms with Crippen molar-refractivity contribution in [3.05, 3.63) is 0 Å². The van der Waals surface area contributed by atoms with E-state index >= 15 is 0 Å². The second kappa shape index (κ2) is 9.20. The van der Waals surface area contributed by atoms with Crippen molar-refractivity contribution < 1.29 is 14.3 Å². The first-order chi connectivity index (χ1) is 8.14. The summed E-state index contributed by atoms with van der Waals surface area (Å²) in [6.45, 7) is 6.04. The van der Waals surface area contributed by atoms with Gasteiger partial charge in [0.1, 0.15) is 6.61 Å². The first-order valence-corrected chi connectivity index (χ1v) is 6.69. The molecular weight excluding hydrogens is 216 g/mol. The summed E-state index contributed by atoms with van der Waals surface area (Å²) in [5.74, 6) is -0.244. The number of carbonyl (C=O) groups is 1. The average Bonchev–Trinajstić information content (AvgIpc) is 2.38. The van der Waals surface area contributed by atoms with E-state index in [0.29, 0.717) is 12.8 Å². The Kier molecular flexibility index (Phi) is 8.73. The Balaban J connectivity index is 4.15. The van der Waals surface area contributed by atoms with Crippen molar-refractivity contribution in [3.63, 3.8) is 0 Å². The number of hydrogen-bond acceptors (Lipinski definition) is 3. The smallest absolute Gasteiger partial charge is 0.305 e. The lowest BCUT2D eigenvalue weighted by molar-refractivity contribution is -0.145. The second-order valence-electron chi connectivity index (χ2n) is 4.56. The van der Waals surface area contributed by atoms with E-state index < -0.39 is 5.41 Å². The van der Waals surface area contributed by atoms with Gasteiger partial charge < -0.3 is 4.74 Å². The van der Waals surface area contributed by atoms with Crippen molar-refractivity contribution in [1.29, 1.82) is 0 Å². The fourth-order valence-electron chi connectivity index (χ4n) is 1.71. The summed E-state index contributed by atoms with van der Waals surface area (Å²) in [6, 6.07) is 0. The summed E-state index contributed by atoms with van der Waals surface area (Å²) in [6.07, 6.45) is 8.39. The van der Waals surface area contributed by atoms with Crippen LogP contribution in [0.2, 0.25) is 0 Å². The Morgan fingerprint density at radius 2 is 1.88 bits per heavy atom. The van der Waals surface area contributed by atoms with E-state index in [0.717, 1.165) is 19.3 Å². The van der Waals surface area contributed by atoms with Crippen molar-refractivity contribution in [3.8, 4) is 0 Å². The molecule has 0 fully saturated rings. The number of rotatable bonds is 10. The van der Waals surface area contributed by atoms with Crippen molar-refractivity contribution in [1.82, 2.24) is 0 Å². The molecule has 1 atom stereocenters. The molecule has 17 heavy (non-hydrogen) atoms. The van der Waals surface area contributed by atoms with Gasteiger partial charge in [0.2, 0.25) is 6.29 Å². The molecule has 0 spiro atoms. The molecule has 0 saturated carbocycles. The highest BCUT2D eigenvalue weighted by atomic mass is 16.5. The molecule has 0 aliphatic rings. The molecule has 1 unspecified atom stereocenters. The summed E-state index contributed by atoms with van der Waals surface area (Å²) >= 11 is 0. The maximum absolute atomic E-state index is 11.1. The number of carbonyl (C=O) groups excluding carboxylic acids is 2. The molecule has 0 aromatic heterocycles. The highest BCUT2D eigenvalue weighted by Crippen LogP contribution is 2.27. The van der Waals surface area contributed by atoms with Gasteiger partial charge in [-0.1, -0.05) is 46.5 Å². The summed E-state index contributed by atoms with van der Waals surface area (Å²) in [7, 11) is 0. The van der Waals surface area contributed by atoms with Crippen LogP contribution in [0.15, 0.2) is 0 Å². The Morgan fingerprint density at radius 1 is 1.18 bits per heavy atom. The standard InChI is InChI=1S/C14H25O3/c1-4-7-8-9-10-14(6-3,11-15)12-17-13(16)5-2/h4-10,12H2,1-3H3.